The molecule has 0 aromatic heterocycles. The molecule has 1 N–H and O–H groups in total. The van der Waals surface area contributed by atoms with Crippen molar-refractivity contribution < 1.29 is 18.7 Å². The number of anilines is 1. The number of halogens is 1. The van der Waals surface area contributed by atoms with Crippen LogP contribution < -0.4 is 15.0 Å². The smallest absolute Gasteiger partial charge is 0.229 e. The van der Waals surface area contributed by atoms with E-state index in [9.17, 15) is 14.0 Å². The number of nitrogens with zero attached hydrogens (tertiary/aromatic N) is 1. The fourth-order valence-corrected chi connectivity index (χ4v) is 3.18. The maximum atomic E-state index is 13.2. The highest BCUT2D eigenvalue weighted by Gasteiger charge is 2.40. The molecule has 5 nitrogen and oxygen atoms in total. The minimum absolute atomic E-state index is 0.0327. The van der Waals surface area contributed by atoms with Gasteiger partial charge in [0.1, 0.15) is 18.2 Å². The molecule has 26 heavy (non-hydrogen) atoms. The molecule has 0 radical (unpaired) electrons. The number of rotatable bonds is 5. The second kappa shape index (κ2) is 7.15. The maximum Gasteiger partial charge on any atom is 0.229 e. The lowest BCUT2D eigenvalue weighted by Gasteiger charge is -2.25. The Balaban J connectivity index is 1.64. The van der Waals surface area contributed by atoms with E-state index in [1.807, 2.05) is 6.92 Å². The van der Waals surface area contributed by atoms with Gasteiger partial charge in [0.05, 0.1) is 12.0 Å². The fraction of sp³-hybridized carbons (Fsp3) is 0.300. The first-order valence-electron chi connectivity index (χ1n) is 8.41. The van der Waals surface area contributed by atoms with Crippen LogP contribution in [0.25, 0.3) is 0 Å². The van der Waals surface area contributed by atoms with Crippen LogP contribution in [0.4, 0.5) is 10.1 Å². The average Bonchev–Trinajstić information content (AvgIpc) is 2.87. The van der Waals surface area contributed by atoms with E-state index in [1.54, 1.807) is 41.3 Å². The number of hydrogen-bond acceptors (Lipinski definition) is 3. The lowest BCUT2D eigenvalue weighted by atomic mass is 10.0. The first kappa shape index (κ1) is 17.9. The quantitative estimate of drug-likeness (QED) is 0.896. The molecule has 1 aliphatic heterocycles. The lowest BCUT2D eigenvalue weighted by Crippen LogP contribution is -2.47. The topological polar surface area (TPSA) is 58.6 Å². The van der Waals surface area contributed by atoms with Gasteiger partial charge < -0.3 is 15.0 Å². The van der Waals surface area contributed by atoms with Gasteiger partial charge in [-0.1, -0.05) is 12.1 Å². The number of nitrogens with one attached hydrogen (secondary N) is 1. The van der Waals surface area contributed by atoms with Gasteiger partial charge in [-0.3, -0.25) is 9.59 Å². The summed E-state index contributed by atoms with van der Waals surface area (Å²) in [5.74, 6) is 0.156. The Morgan fingerprint density at radius 2 is 2.00 bits per heavy atom. The Hall–Kier alpha value is -2.89. The summed E-state index contributed by atoms with van der Waals surface area (Å²) in [7, 11) is 0. The summed E-state index contributed by atoms with van der Waals surface area (Å²) in [6, 6.07) is 13.4. The summed E-state index contributed by atoms with van der Waals surface area (Å²) >= 11 is 0. The van der Waals surface area contributed by atoms with E-state index in [0.29, 0.717) is 12.3 Å². The molecule has 1 saturated heterocycles. The van der Waals surface area contributed by atoms with Gasteiger partial charge >= 0.3 is 0 Å². The van der Waals surface area contributed by atoms with Crippen molar-refractivity contribution in [1.82, 2.24) is 5.32 Å². The van der Waals surface area contributed by atoms with E-state index >= 15 is 0 Å². The summed E-state index contributed by atoms with van der Waals surface area (Å²) < 4.78 is 18.8. The SMILES string of the molecule is CC(=O)N[C@]1(C)CC(=O)N(c2ccc(OCc3cccc(F)c3)cc2)C1. The molecule has 136 valence electrons. The molecule has 0 saturated carbocycles. The van der Waals surface area contributed by atoms with Gasteiger partial charge in [0.25, 0.3) is 0 Å². The predicted molar refractivity (Wildman–Crippen MR) is 96.4 cm³/mol. The third kappa shape index (κ3) is 4.20. The third-order valence-corrected chi connectivity index (χ3v) is 4.27. The van der Waals surface area contributed by atoms with E-state index in [-0.39, 0.29) is 30.7 Å². The van der Waals surface area contributed by atoms with Crippen LogP contribution in [-0.2, 0) is 16.2 Å². The first-order valence-corrected chi connectivity index (χ1v) is 8.41. The highest BCUT2D eigenvalue weighted by atomic mass is 19.1. The normalized spacial score (nSPS) is 19.5. The molecule has 1 atom stereocenters. The zero-order valence-corrected chi connectivity index (χ0v) is 14.8. The molecule has 2 aromatic carbocycles. The summed E-state index contributed by atoms with van der Waals surface area (Å²) in [6.45, 7) is 4.00. The molecule has 1 heterocycles. The second-order valence-corrected chi connectivity index (χ2v) is 6.81. The van der Waals surface area contributed by atoms with Crippen LogP contribution >= 0.6 is 0 Å². The van der Waals surface area contributed by atoms with Crippen LogP contribution in [0, 0.1) is 5.82 Å². The molecule has 0 bridgehead atoms. The predicted octanol–water partition coefficient (Wildman–Crippen LogP) is 3.04. The number of amides is 2. The monoisotopic (exact) mass is 356 g/mol. The van der Waals surface area contributed by atoms with Gasteiger partial charge in [0.2, 0.25) is 11.8 Å². The molecule has 0 unspecified atom stereocenters. The Labute approximate surface area is 151 Å². The first-order chi connectivity index (χ1) is 12.3. The van der Waals surface area contributed by atoms with Crippen molar-refractivity contribution in [2.75, 3.05) is 11.4 Å². The number of benzene rings is 2. The Kier molecular flexibility index (Phi) is 4.93. The summed E-state index contributed by atoms with van der Waals surface area (Å²) in [5.41, 5.74) is 0.937. The maximum absolute atomic E-state index is 13.2. The number of hydrogen-bond donors (Lipinski definition) is 1. The van der Waals surface area contributed by atoms with Crippen LogP contribution in [0.1, 0.15) is 25.8 Å². The van der Waals surface area contributed by atoms with Crippen molar-refractivity contribution >= 4 is 17.5 Å². The highest BCUT2D eigenvalue weighted by molar-refractivity contribution is 5.97. The molecule has 0 aliphatic carbocycles. The standard InChI is InChI=1S/C20H21FN2O3/c1-14(24)22-20(2)11-19(25)23(13-20)17-6-8-18(9-7-17)26-12-15-4-3-5-16(21)10-15/h3-10H,11-13H2,1-2H3,(H,22,24)/t20-/m1/s1. The van der Waals surface area contributed by atoms with Crippen molar-refractivity contribution in [2.24, 2.45) is 0 Å². The van der Waals surface area contributed by atoms with E-state index in [2.05, 4.69) is 5.32 Å². The van der Waals surface area contributed by atoms with Crippen molar-refractivity contribution in [3.63, 3.8) is 0 Å². The van der Waals surface area contributed by atoms with Crippen molar-refractivity contribution in [3.8, 4) is 5.75 Å². The fourth-order valence-electron chi connectivity index (χ4n) is 3.18. The van der Waals surface area contributed by atoms with E-state index in [1.165, 1.54) is 19.1 Å². The van der Waals surface area contributed by atoms with Crippen LogP contribution in [-0.4, -0.2) is 23.9 Å². The van der Waals surface area contributed by atoms with Gasteiger partial charge in [-0.05, 0) is 48.9 Å². The van der Waals surface area contributed by atoms with E-state index in [4.69, 9.17) is 4.74 Å². The Morgan fingerprint density at radius 1 is 1.27 bits per heavy atom. The van der Waals surface area contributed by atoms with Gasteiger partial charge in [0, 0.05) is 19.2 Å². The minimum atomic E-state index is -0.560. The largest absolute Gasteiger partial charge is 0.489 e. The zero-order chi connectivity index (χ0) is 18.7. The number of carbonyl (C=O) groups is 2. The van der Waals surface area contributed by atoms with Gasteiger partial charge in [-0.25, -0.2) is 4.39 Å². The Bertz CT molecular complexity index is 822. The number of carbonyl (C=O) groups excluding carboxylic acids is 2. The van der Waals surface area contributed by atoms with Gasteiger partial charge in [0.15, 0.2) is 0 Å². The molecule has 2 aromatic rings. The van der Waals surface area contributed by atoms with Gasteiger partial charge in [-0.2, -0.15) is 0 Å². The van der Waals surface area contributed by atoms with Crippen molar-refractivity contribution in [1.29, 1.82) is 0 Å². The minimum Gasteiger partial charge on any atom is -0.489 e. The second-order valence-electron chi connectivity index (χ2n) is 6.81. The summed E-state index contributed by atoms with van der Waals surface area (Å²) in [6.07, 6.45) is 0.268. The van der Waals surface area contributed by atoms with E-state index < -0.39 is 5.54 Å². The van der Waals surface area contributed by atoms with Crippen molar-refractivity contribution in [3.05, 3.63) is 59.9 Å². The molecule has 2 amide bonds. The zero-order valence-electron chi connectivity index (χ0n) is 14.8. The van der Waals surface area contributed by atoms with Crippen LogP contribution in [0.5, 0.6) is 5.75 Å². The number of ether oxygens (including phenoxy) is 1. The molecule has 1 fully saturated rings. The average molecular weight is 356 g/mol. The molecule has 6 heteroatoms. The molecule has 1 aliphatic rings. The summed E-state index contributed by atoms with van der Waals surface area (Å²) in [4.78, 5) is 25.3. The van der Waals surface area contributed by atoms with Crippen LogP contribution in [0.3, 0.4) is 0 Å². The summed E-state index contributed by atoms with van der Waals surface area (Å²) in [5, 5.41) is 2.85. The van der Waals surface area contributed by atoms with Crippen molar-refractivity contribution in [2.45, 2.75) is 32.4 Å². The third-order valence-electron chi connectivity index (χ3n) is 4.27. The van der Waals surface area contributed by atoms with Crippen LogP contribution in [0.2, 0.25) is 0 Å². The molecular formula is C20H21FN2O3. The van der Waals surface area contributed by atoms with E-state index in [0.717, 1.165) is 11.3 Å². The Morgan fingerprint density at radius 3 is 2.65 bits per heavy atom. The lowest BCUT2D eigenvalue weighted by molar-refractivity contribution is -0.120. The molecular weight excluding hydrogens is 335 g/mol. The highest BCUT2D eigenvalue weighted by Crippen LogP contribution is 2.29. The molecule has 0 spiro atoms. The van der Waals surface area contributed by atoms with Gasteiger partial charge in [-0.15, -0.1) is 0 Å². The van der Waals surface area contributed by atoms with Crippen LogP contribution in [0.15, 0.2) is 48.5 Å². The molecule has 3 rings (SSSR count).